The quantitative estimate of drug-likeness (QED) is 0.649. The van der Waals surface area contributed by atoms with Gasteiger partial charge in [0, 0.05) is 0 Å². The van der Waals surface area contributed by atoms with E-state index in [1.165, 1.54) is 0 Å². The van der Waals surface area contributed by atoms with Crippen LogP contribution in [0.5, 0.6) is 0 Å². The van der Waals surface area contributed by atoms with E-state index in [-0.39, 0.29) is 19.6 Å². The first-order chi connectivity index (χ1) is 6.43. The molecule has 1 saturated heterocycles. The monoisotopic (exact) mass is 202 g/mol. The molecule has 0 bridgehead atoms. The Morgan fingerprint density at radius 1 is 1.64 bits per heavy atom. The van der Waals surface area contributed by atoms with E-state index in [9.17, 15) is 5.11 Å². The second-order valence-electron chi connectivity index (χ2n) is 4.07. The zero-order valence-corrected chi connectivity index (χ0v) is 8.69. The van der Waals surface area contributed by atoms with Crippen molar-refractivity contribution in [3.05, 3.63) is 12.7 Å². The predicted molar refractivity (Wildman–Crippen MR) is 51.8 cm³/mol. The first-order valence-electron chi connectivity index (χ1n) is 4.69. The van der Waals surface area contributed by atoms with Gasteiger partial charge in [0.2, 0.25) is 0 Å². The Morgan fingerprint density at radius 3 is 2.64 bits per heavy atom. The van der Waals surface area contributed by atoms with Gasteiger partial charge in [-0.1, -0.05) is 6.08 Å². The lowest BCUT2D eigenvalue weighted by Crippen LogP contribution is -2.47. The Morgan fingerprint density at radius 2 is 2.29 bits per heavy atom. The minimum Gasteiger partial charge on any atom is -0.393 e. The van der Waals surface area contributed by atoms with Gasteiger partial charge in [-0.2, -0.15) is 0 Å². The molecule has 4 heteroatoms. The van der Waals surface area contributed by atoms with Gasteiger partial charge in [-0.15, -0.1) is 6.58 Å². The maximum Gasteiger partial charge on any atom is 0.163 e. The molecule has 1 aliphatic rings. The van der Waals surface area contributed by atoms with Crippen molar-refractivity contribution < 1.29 is 19.7 Å². The molecule has 1 heterocycles. The molecule has 1 aliphatic heterocycles. The molecule has 2 N–H and O–H groups in total. The molecule has 0 aromatic rings. The molecule has 0 aromatic carbocycles. The minimum atomic E-state index is -1.28. The van der Waals surface area contributed by atoms with Crippen LogP contribution in [0.4, 0.5) is 0 Å². The van der Waals surface area contributed by atoms with Gasteiger partial charge in [0.15, 0.2) is 5.79 Å². The van der Waals surface area contributed by atoms with Crippen LogP contribution in [0, 0.1) is 0 Å². The van der Waals surface area contributed by atoms with Crippen LogP contribution in [0.25, 0.3) is 0 Å². The second kappa shape index (κ2) is 3.98. The molecular formula is C10H18O4. The van der Waals surface area contributed by atoms with Crippen molar-refractivity contribution in [3.8, 4) is 0 Å². The maximum absolute atomic E-state index is 10.0. The molecule has 4 nitrogen and oxygen atoms in total. The highest BCUT2D eigenvalue weighted by molar-refractivity contribution is 4.95. The van der Waals surface area contributed by atoms with Gasteiger partial charge >= 0.3 is 0 Å². The van der Waals surface area contributed by atoms with Crippen LogP contribution in [0.3, 0.4) is 0 Å². The average Bonchev–Trinajstić information content (AvgIpc) is 2.47. The van der Waals surface area contributed by atoms with Crippen molar-refractivity contribution in [2.24, 2.45) is 0 Å². The normalized spacial score (nSPS) is 29.9. The van der Waals surface area contributed by atoms with Gasteiger partial charge in [-0.3, -0.25) is 0 Å². The Bertz CT molecular complexity index is 214. The van der Waals surface area contributed by atoms with E-state index in [0.717, 1.165) is 0 Å². The number of ether oxygens (including phenoxy) is 2. The Balaban J connectivity index is 2.67. The van der Waals surface area contributed by atoms with Crippen LogP contribution in [-0.2, 0) is 9.47 Å². The molecule has 0 radical (unpaired) electrons. The Kier molecular flexibility index (Phi) is 3.32. The third-order valence-corrected chi connectivity index (χ3v) is 2.38. The van der Waals surface area contributed by atoms with E-state index in [2.05, 4.69) is 6.58 Å². The number of hydrogen-bond acceptors (Lipinski definition) is 4. The smallest absolute Gasteiger partial charge is 0.163 e. The molecule has 2 atom stereocenters. The first-order valence-corrected chi connectivity index (χ1v) is 4.69. The summed E-state index contributed by atoms with van der Waals surface area (Å²) >= 11 is 0. The zero-order chi connectivity index (χ0) is 10.8. The predicted octanol–water partition coefficient (Wildman–Crippen LogP) is 0.437. The molecular weight excluding hydrogens is 184 g/mol. The highest BCUT2D eigenvalue weighted by Crippen LogP contribution is 2.30. The number of rotatable bonds is 4. The lowest BCUT2D eigenvalue weighted by Gasteiger charge is -2.30. The van der Waals surface area contributed by atoms with Crippen molar-refractivity contribution >= 4 is 0 Å². The van der Waals surface area contributed by atoms with Gasteiger partial charge in [-0.05, 0) is 20.3 Å². The van der Waals surface area contributed by atoms with Crippen molar-refractivity contribution in [1.82, 2.24) is 0 Å². The Hall–Kier alpha value is -0.420. The van der Waals surface area contributed by atoms with E-state index >= 15 is 0 Å². The Labute approximate surface area is 84.1 Å². The van der Waals surface area contributed by atoms with Crippen LogP contribution < -0.4 is 0 Å². The lowest BCUT2D eigenvalue weighted by molar-refractivity contribution is -0.176. The van der Waals surface area contributed by atoms with Gasteiger partial charge in [0.1, 0.15) is 11.7 Å². The zero-order valence-electron chi connectivity index (χ0n) is 8.69. The molecule has 82 valence electrons. The van der Waals surface area contributed by atoms with Gasteiger partial charge < -0.3 is 19.7 Å². The van der Waals surface area contributed by atoms with Crippen LogP contribution in [0.1, 0.15) is 20.3 Å². The summed E-state index contributed by atoms with van der Waals surface area (Å²) in [5.41, 5.74) is -1.28. The SMILES string of the molecule is C=CC[C@](O)(CO)[C@@H]1COC(C)(C)O1. The summed E-state index contributed by atoms with van der Waals surface area (Å²) in [6.07, 6.45) is 1.35. The summed E-state index contributed by atoms with van der Waals surface area (Å²) in [6, 6.07) is 0. The lowest BCUT2D eigenvalue weighted by atomic mass is 9.94. The number of aliphatic hydroxyl groups is 2. The number of aliphatic hydroxyl groups excluding tert-OH is 1. The number of hydrogen-bond donors (Lipinski definition) is 2. The summed E-state index contributed by atoms with van der Waals surface area (Å²) in [4.78, 5) is 0. The fraction of sp³-hybridized carbons (Fsp3) is 0.800. The highest BCUT2D eigenvalue weighted by Gasteiger charge is 2.45. The molecule has 14 heavy (non-hydrogen) atoms. The first kappa shape index (κ1) is 11.7. The van der Waals surface area contributed by atoms with Crippen molar-refractivity contribution in [2.45, 2.75) is 37.8 Å². The highest BCUT2D eigenvalue weighted by atomic mass is 16.7. The topological polar surface area (TPSA) is 58.9 Å². The van der Waals surface area contributed by atoms with E-state index in [4.69, 9.17) is 14.6 Å². The fourth-order valence-corrected chi connectivity index (χ4v) is 1.50. The van der Waals surface area contributed by atoms with E-state index in [1.807, 2.05) is 0 Å². The van der Waals surface area contributed by atoms with Gasteiger partial charge in [0.05, 0.1) is 13.2 Å². The third kappa shape index (κ3) is 2.33. The van der Waals surface area contributed by atoms with Gasteiger partial charge in [-0.25, -0.2) is 0 Å². The summed E-state index contributed by atoms with van der Waals surface area (Å²) in [7, 11) is 0. The van der Waals surface area contributed by atoms with Crippen LogP contribution in [0.15, 0.2) is 12.7 Å². The van der Waals surface area contributed by atoms with Crippen LogP contribution >= 0.6 is 0 Å². The summed E-state index contributed by atoms with van der Waals surface area (Å²) in [5, 5.41) is 19.1. The van der Waals surface area contributed by atoms with Crippen LogP contribution in [-0.4, -0.2) is 40.9 Å². The van der Waals surface area contributed by atoms with Crippen molar-refractivity contribution in [2.75, 3.05) is 13.2 Å². The third-order valence-electron chi connectivity index (χ3n) is 2.38. The van der Waals surface area contributed by atoms with Crippen molar-refractivity contribution in [1.29, 1.82) is 0 Å². The van der Waals surface area contributed by atoms with Crippen molar-refractivity contribution in [3.63, 3.8) is 0 Å². The molecule has 1 rings (SSSR count). The summed E-state index contributed by atoms with van der Waals surface area (Å²) in [6.45, 7) is 7.02. The van der Waals surface area contributed by atoms with E-state index in [1.54, 1.807) is 19.9 Å². The molecule has 0 amide bonds. The minimum absolute atomic E-state index is 0.285. The fourth-order valence-electron chi connectivity index (χ4n) is 1.50. The molecule has 0 unspecified atom stereocenters. The van der Waals surface area contributed by atoms with Crippen LogP contribution in [0.2, 0.25) is 0 Å². The molecule has 0 spiro atoms. The van der Waals surface area contributed by atoms with E-state index in [0.29, 0.717) is 0 Å². The average molecular weight is 202 g/mol. The molecule has 0 saturated carbocycles. The van der Waals surface area contributed by atoms with Gasteiger partial charge in [0.25, 0.3) is 0 Å². The second-order valence-corrected chi connectivity index (χ2v) is 4.07. The molecule has 0 aliphatic carbocycles. The van der Waals surface area contributed by atoms with E-state index < -0.39 is 17.5 Å². The largest absolute Gasteiger partial charge is 0.393 e. The molecule has 0 aromatic heterocycles. The summed E-state index contributed by atoms with van der Waals surface area (Å²) < 4.78 is 10.8. The molecule has 1 fully saturated rings. The summed E-state index contributed by atoms with van der Waals surface area (Å²) in [5.74, 6) is -0.686. The maximum atomic E-state index is 10.0. The standard InChI is InChI=1S/C10H18O4/c1-4-5-10(12,7-11)8-6-13-9(2,3)14-8/h4,8,11-12H,1,5-7H2,2-3H3/t8-,10-/m0/s1.